The molecule has 101 valence electrons. The van der Waals surface area contributed by atoms with Gasteiger partial charge in [0.25, 0.3) is 0 Å². The third-order valence-electron chi connectivity index (χ3n) is 2.27. The van der Waals surface area contributed by atoms with E-state index in [-0.39, 0.29) is 0 Å². The smallest absolute Gasteiger partial charge is 0.417 e. The molecule has 1 aromatic carbocycles. The Morgan fingerprint density at radius 1 is 1.00 bits per heavy atom. The zero-order valence-electron chi connectivity index (χ0n) is 8.93. The monoisotopic (exact) mass is 280 g/mol. The Hall–Kier alpha value is -1.99. The molecule has 0 saturated heterocycles. The Balaban J connectivity index is 2.65. The molecule has 1 radical (unpaired) electrons. The molecule has 2 rings (SSSR count). The number of benzene rings is 1. The molecule has 0 fully saturated rings. The van der Waals surface area contributed by atoms with Gasteiger partial charge in [0.1, 0.15) is 0 Å². The van der Waals surface area contributed by atoms with Gasteiger partial charge in [0, 0.05) is 5.56 Å². The summed E-state index contributed by atoms with van der Waals surface area (Å²) < 4.78 is 80.1. The minimum Gasteiger partial charge on any atom is -0.433 e. The van der Waals surface area contributed by atoms with Crippen molar-refractivity contribution in [3.8, 4) is 11.5 Å². The maximum atomic E-state index is 12.7. The van der Waals surface area contributed by atoms with Crippen molar-refractivity contribution in [2.24, 2.45) is 0 Å². The van der Waals surface area contributed by atoms with Crippen LogP contribution in [-0.2, 0) is 12.4 Å². The summed E-state index contributed by atoms with van der Waals surface area (Å²) in [6.07, 6.45) is -6.61. The lowest BCUT2D eigenvalue weighted by molar-refractivity contribution is -0.141. The molecule has 1 aromatic heterocycles. The van der Waals surface area contributed by atoms with Crippen LogP contribution in [0, 0.1) is 6.26 Å². The molecule has 8 heteroatoms. The molecule has 1 heterocycles. The second-order valence-corrected chi connectivity index (χ2v) is 3.54. The maximum absolute atomic E-state index is 12.7. The van der Waals surface area contributed by atoms with Crippen LogP contribution in [0.15, 0.2) is 28.8 Å². The predicted molar refractivity (Wildman–Crippen MR) is 50.8 cm³/mol. The third-order valence-corrected chi connectivity index (χ3v) is 2.27. The van der Waals surface area contributed by atoms with E-state index < -0.39 is 34.9 Å². The van der Waals surface area contributed by atoms with Gasteiger partial charge < -0.3 is 4.42 Å². The van der Waals surface area contributed by atoms with Crippen molar-refractivity contribution in [1.29, 1.82) is 0 Å². The van der Waals surface area contributed by atoms with Crippen LogP contribution in [0.1, 0.15) is 11.1 Å². The molecule has 0 amide bonds. The first-order chi connectivity index (χ1) is 8.69. The molecule has 0 unspecified atom stereocenters. The van der Waals surface area contributed by atoms with Crippen molar-refractivity contribution >= 4 is 0 Å². The normalized spacial score (nSPS) is 12.7. The van der Waals surface area contributed by atoms with Gasteiger partial charge in [0.15, 0.2) is 6.26 Å². The topological polar surface area (TPSA) is 26.0 Å². The van der Waals surface area contributed by atoms with E-state index in [0.29, 0.717) is 18.2 Å². The van der Waals surface area contributed by atoms with E-state index in [0.717, 1.165) is 6.20 Å². The van der Waals surface area contributed by atoms with Crippen molar-refractivity contribution in [1.82, 2.24) is 4.98 Å². The number of hydrogen-bond acceptors (Lipinski definition) is 2. The van der Waals surface area contributed by atoms with Crippen LogP contribution in [0.2, 0.25) is 0 Å². The Morgan fingerprint density at radius 3 is 2.16 bits per heavy atom. The van der Waals surface area contributed by atoms with Crippen molar-refractivity contribution in [2.75, 3.05) is 0 Å². The lowest BCUT2D eigenvalue weighted by atomic mass is 10.0. The quantitative estimate of drug-likeness (QED) is 0.732. The van der Waals surface area contributed by atoms with Gasteiger partial charge in [0.05, 0.1) is 17.3 Å². The van der Waals surface area contributed by atoms with Crippen molar-refractivity contribution in [3.05, 3.63) is 41.8 Å². The maximum Gasteiger partial charge on any atom is 0.417 e. The minimum absolute atomic E-state index is 0.350. The Morgan fingerprint density at radius 2 is 1.68 bits per heavy atom. The first-order valence-corrected chi connectivity index (χ1v) is 4.80. The number of rotatable bonds is 1. The largest absolute Gasteiger partial charge is 0.433 e. The number of nitrogens with zero attached hydrogens (tertiary/aromatic N) is 1. The molecular formula is C11H4F6NO. The predicted octanol–water partition coefficient (Wildman–Crippen LogP) is 4.18. The molecule has 2 nitrogen and oxygen atoms in total. The average molecular weight is 280 g/mol. The first-order valence-electron chi connectivity index (χ1n) is 4.80. The molecule has 0 N–H and O–H groups in total. The highest BCUT2D eigenvalue weighted by Gasteiger charge is 2.38. The lowest BCUT2D eigenvalue weighted by Gasteiger charge is -2.13. The fraction of sp³-hybridized carbons (Fsp3) is 0.182. The zero-order chi connectivity index (χ0) is 14.3. The summed E-state index contributed by atoms with van der Waals surface area (Å²) in [6.45, 7) is 0. The van der Waals surface area contributed by atoms with Gasteiger partial charge in [-0.15, -0.1) is 0 Å². The van der Waals surface area contributed by atoms with Crippen LogP contribution in [0.3, 0.4) is 0 Å². The lowest BCUT2D eigenvalue weighted by Crippen LogP contribution is -2.11. The van der Waals surface area contributed by atoms with E-state index in [1.165, 1.54) is 0 Å². The van der Waals surface area contributed by atoms with Gasteiger partial charge in [-0.1, -0.05) is 0 Å². The van der Waals surface area contributed by atoms with E-state index in [9.17, 15) is 26.3 Å². The summed E-state index contributed by atoms with van der Waals surface area (Å²) in [7, 11) is 0. The van der Waals surface area contributed by atoms with Crippen LogP contribution < -0.4 is 0 Å². The van der Waals surface area contributed by atoms with Gasteiger partial charge in [0.2, 0.25) is 5.89 Å². The van der Waals surface area contributed by atoms with Gasteiger partial charge in [-0.2, -0.15) is 26.3 Å². The molecule has 2 aromatic rings. The van der Waals surface area contributed by atoms with E-state index >= 15 is 0 Å². The van der Waals surface area contributed by atoms with Crippen LogP contribution in [0.25, 0.3) is 11.5 Å². The van der Waals surface area contributed by atoms with Crippen LogP contribution >= 0.6 is 0 Å². The molecular weight excluding hydrogens is 276 g/mol. The van der Waals surface area contributed by atoms with Gasteiger partial charge in [-0.05, 0) is 18.2 Å². The Bertz CT molecular complexity index is 570. The molecule has 0 aliphatic carbocycles. The summed E-state index contributed by atoms with van der Waals surface area (Å²) in [4.78, 5) is 3.39. The minimum atomic E-state index is -4.81. The van der Waals surface area contributed by atoms with Gasteiger partial charge in [-0.3, -0.25) is 0 Å². The van der Waals surface area contributed by atoms with Gasteiger partial charge >= 0.3 is 12.4 Å². The first kappa shape index (κ1) is 13.4. The molecule has 0 atom stereocenters. The van der Waals surface area contributed by atoms with E-state index in [4.69, 9.17) is 0 Å². The SMILES string of the molecule is FC(F)(F)c1ccc(C(F)(F)F)c(-c2nc[c]o2)c1. The van der Waals surface area contributed by atoms with Crippen molar-refractivity contribution in [2.45, 2.75) is 12.4 Å². The summed E-state index contributed by atoms with van der Waals surface area (Å²) in [5.41, 5.74) is -3.24. The summed E-state index contributed by atoms with van der Waals surface area (Å²) in [6, 6.07) is 1.06. The standard InChI is InChI=1S/C11H4F6NO/c12-10(13,14)6-1-2-8(11(15,16)17)7(5-6)9-18-3-4-19-9/h1-3,5H. The van der Waals surface area contributed by atoms with Crippen molar-refractivity contribution in [3.63, 3.8) is 0 Å². The molecule has 0 spiro atoms. The van der Waals surface area contributed by atoms with Gasteiger partial charge in [-0.25, -0.2) is 4.98 Å². The Labute approximate surface area is 102 Å². The fourth-order valence-corrected chi connectivity index (χ4v) is 1.46. The average Bonchev–Trinajstić information content (AvgIpc) is 2.79. The molecule has 0 bridgehead atoms. The van der Waals surface area contributed by atoms with Crippen molar-refractivity contribution < 1.29 is 30.8 Å². The number of halogens is 6. The second-order valence-electron chi connectivity index (χ2n) is 3.54. The number of hydrogen-bond donors (Lipinski definition) is 0. The number of aromatic nitrogens is 1. The molecule has 0 aliphatic heterocycles. The highest BCUT2D eigenvalue weighted by molar-refractivity contribution is 5.61. The van der Waals surface area contributed by atoms with Crippen LogP contribution in [0.5, 0.6) is 0 Å². The number of oxazole rings is 1. The highest BCUT2D eigenvalue weighted by atomic mass is 19.4. The fourth-order valence-electron chi connectivity index (χ4n) is 1.46. The zero-order valence-corrected chi connectivity index (χ0v) is 8.93. The van der Waals surface area contributed by atoms with E-state index in [1.807, 2.05) is 6.26 Å². The van der Waals surface area contributed by atoms with E-state index in [2.05, 4.69) is 9.40 Å². The Kier molecular flexibility index (Phi) is 3.03. The number of alkyl halides is 6. The summed E-state index contributed by atoms with van der Waals surface area (Å²) in [5, 5.41) is 0. The molecule has 0 aliphatic rings. The van der Waals surface area contributed by atoms with E-state index in [1.54, 1.807) is 0 Å². The summed E-state index contributed by atoms with van der Waals surface area (Å²) in [5.74, 6) is -0.571. The van der Waals surface area contributed by atoms with Crippen LogP contribution in [0.4, 0.5) is 26.3 Å². The molecule has 19 heavy (non-hydrogen) atoms. The summed E-state index contributed by atoms with van der Waals surface area (Å²) >= 11 is 0. The van der Waals surface area contributed by atoms with Crippen LogP contribution in [-0.4, -0.2) is 4.98 Å². The third kappa shape index (κ3) is 2.72. The second kappa shape index (κ2) is 4.29. The highest BCUT2D eigenvalue weighted by Crippen LogP contribution is 2.40. The molecule has 0 saturated carbocycles.